The van der Waals surface area contributed by atoms with Gasteiger partial charge in [-0.3, -0.25) is 9.59 Å². The molecule has 0 aliphatic carbocycles. The molecule has 1 atom stereocenters. The van der Waals surface area contributed by atoms with Gasteiger partial charge in [0.1, 0.15) is 11.5 Å². The first-order valence-electron chi connectivity index (χ1n) is 10.3. The van der Waals surface area contributed by atoms with Gasteiger partial charge in [-0.2, -0.15) is 0 Å². The highest BCUT2D eigenvalue weighted by Gasteiger charge is 2.46. The molecule has 8 heteroatoms. The van der Waals surface area contributed by atoms with Gasteiger partial charge in [0.05, 0.1) is 60.1 Å². The molecule has 1 unspecified atom stereocenters. The van der Waals surface area contributed by atoms with Gasteiger partial charge < -0.3 is 29.1 Å². The van der Waals surface area contributed by atoms with Crippen molar-refractivity contribution in [2.45, 2.75) is 6.04 Å². The molecule has 1 saturated heterocycles. The average molecular weight is 442 g/mol. The van der Waals surface area contributed by atoms with Gasteiger partial charge in [0.15, 0.2) is 11.5 Å². The van der Waals surface area contributed by atoms with Gasteiger partial charge in [0, 0.05) is 5.56 Å². The zero-order chi connectivity index (χ0) is 23.4. The van der Waals surface area contributed by atoms with Crippen LogP contribution >= 0.6 is 0 Å². The van der Waals surface area contributed by atoms with E-state index in [0.717, 1.165) is 4.90 Å². The molecule has 8 nitrogen and oxygen atoms in total. The molecule has 3 rings (SSSR count). The topological polar surface area (TPSA) is 89.7 Å². The van der Waals surface area contributed by atoms with E-state index >= 15 is 0 Å². The first-order valence-corrected chi connectivity index (χ1v) is 10.3. The maximum absolute atomic E-state index is 13.1. The van der Waals surface area contributed by atoms with Crippen LogP contribution in [-0.4, -0.2) is 70.2 Å². The van der Waals surface area contributed by atoms with E-state index in [2.05, 4.69) is 0 Å². The Labute approximate surface area is 187 Å². The van der Waals surface area contributed by atoms with E-state index in [1.807, 2.05) is 14.1 Å². The van der Waals surface area contributed by atoms with Crippen LogP contribution in [-0.2, 0) is 9.59 Å². The number of nitrogens with zero attached hydrogens (tertiary/aromatic N) is 1. The summed E-state index contributed by atoms with van der Waals surface area (Å²) in [5.74, 6) is 0.0326. The number of carbonyl (C=O) groups excluding carboxylic acids is 2. The Morgan fingerprint density at radius 3 is 2.19 bits per heavy atom. The van der Waals surface area contributed by atoms with Crippen LogP contribution in [0.15, 0.2) is 48.0 Å². The molecule has 2 aromatic carbocycles. The van der Waals surface area contributed by atoms with Crippen molar-refractivity contribution in [3.05, 3.63) is 59.2 Å². The second kappa shape index (κ2) is 9.74. The molecule has 1 heterocycles. The molecule has 2 N–H and O–H groups in total. The van der Waals surface area contributed by atoms with Crippen LogP contribution in [0.3, 0.4) is 0 Å². The zero-order valence-electron chi connectivity index (χ0n) is 19.0. The second-order valence-corrected chi connectivity index (χ2v) is 7.79. The first kappa shape index (κ1) is 23.1. The highest BCUT2D eigenvalue weighted by atomic mass is 16.5. The standard InChI is InChI=1S/C24H28N2O6/c1-25(2)12-13-26-21(16-8-11-18(31-4)19(14-16)32-5)20(23(28)24(26)29)22(27)15-6-9-17(30-3)10-7-15/h6-11,14,21,27H,12-13H2,1-5H3/p+1. The Morgan fingerprint density at radius 2 is 1.62 bits per heavy atom. The van der Waals surface area contributed by atoms with Gasteiger partial charge in [-0.15, -0.1) is 0 Å². The molecule has 1 amide bonds. The normalized spacial score (nSPS) is 17.7. The molecule has 1 fully saturated rings. The Kier molecular flexibility index (Phi) is 7.05. The maximum atomic E-state index is 13.1. The Morgan fingerprint density at radius 1 is 0.969 bits per heavy atom. The third-order valence-corrected chi connectivity index (χ3v) is 5.48. The lowest BCUT2D eigenvalue weighted by molar-refractivity contribution is -0.857. The van der Waals surface area contributed by atoms with Crippen molar-refractivity contribution in [2.75, 3.05) is 48.5 Å². The summed E-state index contributed by atoms with van der Waals surface area (Å²) < 4.78 is 15.9. The fraction of sp³-hybridized carbons (Fsp3) is 0.333. The molecule has 1 aliphatic heterocycles. The minimum atomic E-state index is -0.753. The fourth-order valence-electron chi connectivity index (χ4n) is 3.73. The number of ether oxygens (including phenoxy) is 3. The van der Waals surface area contributed by atoms with Gasteiger partial charge in [-0.1, -0.05) is 6.07 Å². The van der Waals surface area contributed by atoms with Crippen LogP contribution in [0.1, 0.15) is 17.2 Å². The minimum absolute atomic E-state index is 0.0427. The van der Waals surface area contributed by atoms with Crippen molar-refractivity contribution in [3.8, 4) is 17.2 Å². The molecule has 0 bridgehead atoms. The average Bonchev–Trinajstić information content (AvgIpc) is 3.06. The van der Waals surface area contributed by atoms with Crippen LogP contribution in [0.4, 0.5) is 0 Å². The Hall–Kier alpha value is -3.52. The van der Waals surface area contributed by atoms with E-state index in [1.165, 1.54) is 19.1 Å². The predicted molar refractivity (Wildman–Crippen MR) is 119 cm³/mol. The summed E-state index contributed by atoms with van der Waals surface area (Å²) in [5, 5.41) is 11.1. The lowest BCUT2D eigenvalue weighted by Gasteiger charge is -2.26. The third-order valence-electron chi connectivity index (χ3n) is 5.48. The van der Waals surface area contributed by atoms with Gasteiger partial charge in [0.25, 0.3) is 11.7 Å². The number of aliphatic hydroxyl groups excluding tert-OH is 1. The van der Waals surface area contributed by atoms with Crippen LogP contribution in [0.2, 0.25) is 0 Å². The Balaban J connectivity index is 2.16. The van der Waals surface area contributed by atoms with Crippen LogP contribution < -0.4 is 19.1 Å². The first-order chi connectivity index (χ1) is 15.3. The fourth-order valence-corrected chi connectivity index (χ4v) is 3.73. The number of amides is 1. The van der Waals surface area contributed by atoms with Crippen LogP contribution in [0, 0.1) is 0 Å². The number of hydrogen-bond donors (Lipinski definition) is 2. The number of nitrogens with one attached hydrogen (secondary N) is 1. The second-order valence-electron chi connectivity index (χ2n) is 7.79. The number of benzene rings is 2. The van der Waals surface area contributed by atoms with E-state index in [9.17, 15) is 14.7 Å². The summed E-state index contributed by atoms with van der Waals surface area (Å²) in [7, 11) is 8.54. The summed E-state index contributed by atoms with van der Waals surface area (Å²) in [6, 6.07) is 11.1. The number of ketones is 1. The number of likely N-dealkylation sites (tertiary alicyclic amines) is 1. The third kappa shape index (κ3) is 4.40. The van der Waals surface area contributed by atoms with E-state index < -0.39 is 17.7 Å². The van der Waals surface area contributed by atoms with E-state index in [0.29, 0.717) is 41.5 Å². The highest BCUT2D eigenvalue weighted by molar-refractivity contribution is 6.46. The number of Topliss-reactive ketones (excluding diaryl/α,β-unsaturated/α-hetero) is 1. The number of methoxy groups -OCH3 is 3. The number of quaternary nitrogens is 1. The van der Waals surface area contributed by atoms with Crippen LogP contribution in [0.5, 0.6) is 17.2 Å². The molecule has 0 saturated carbocycles. The molecule has 0 aromatic heterocycles. The van der Waals surface area contributed by atoms with E-state index in [1.54, 1.807) is 49.6 Å². The van der Waals surface area contributed by atoms with E-state index in [-0.39, 0.29) is 11.3 Å². The number of aliphatic hydroxyl groups is 1. The molecule has 0 radical (unpaired) electrons. The molecular weight excluding hydrogens is 412 g/mol. The summed E-state index contributed by atoms with van der Waals surface area (Å²) in [5.41, 5.74) is 1.11. The summed E-state index contributed by atoms with van der Waals surface area (Å²) in [6.45, 7) is 0.991. The number of hydrogen-bond acceptors (Lipinski definition) is 6. The molecule has 0 spiro atoms. The van der Waals surface area contributed by atoms with Gasteiger partial charge in [-0.25, -0.2) is 0 Å². The zero-order valence-corrected chi connectivity index (χ0v) is 19.0. The smallest absolute Gasteiger partial charge is 0.295 e. The molecule has 170 valence electrons. The number of rotatable bonds is 8. The van der Waals surface area contributed by atoms with Crippen molar-refractivity contribution in [3.63, 3.8) is 0 Å². The van der Waals surface area contributed by atoms with Crippen molar-refractivity contribution in [1.82, 2.24) is 4.90 Å². The van der Waals surface area contributed by atoms with Gasteiger partial charge in [-0.05, 0) is 42.0 Å². The molecule has 32 heavy (non-hydrogen) atoms. The number of carbonyl (C=O) groups is 2. The molecule has 2 aromatic rings. The van der Waals surface area contributed by atoms with Crippen LogP contribution in [0.25, 0.3) is 5.76 Å². The lowest BCUT2D eigenvalue weighted by atomic mass is 9.95. The van der Waals surface area contributed by atoms with Crippen molar-refractivity contribution < 1.29 is 33.8 Å². The Bertz CT molecular complexity index is 1030. The van der Waals surface area contributed by atoms with Gasteiger partial charge >= 0.3 is 0 Å². The summed E-state index contributed by atoms with van der Waals surface area (Å²) in [6.07, 6.45) is 0. The lowest BCUT2D eigenvalue weighted by Crippen LogP contribution is -3.06. The quantitative estimate of drug-likeness (QED) is 0.365. The van der Waals surface area contributed by atoms with Crippen molar-refractivity contribution >= 4 is 17.4 Å². The van der Waals surface area contributed by atoms with Crippen molar-refractivity contribution in [1.29, 1.82) is 0 Å². The summed E-state index contributed by atoms with van der Waals surface area (Å²) >= 11 is 0. The predicted octanol–water partition coefficient (Wildman–Crippen LogP) is 1.28. The molecular formula is C24H29N2O6+. The van der Waals surface area contributed by atoms with Crippen molar-refractivity contribution in [2.24, 2.45) is 0 Å². The van der Waals surface area contributed by atoms with Gasteiger partial charge in [0.2, 0.25) is 0 Å². The summed E-state index contributed by atoms with van der Waals surface area (Å²) in [4.78, 5) is 28.7. The SMILES string of the molecule is COc1ccc(C(O)=C2C(=O)C(=O)N(CC[NH+](C)C)C2c2ccc(OC)c(OC)c2)cc1. The maximum Gasteiger partial charge on any atom is 0.295 e. The minimum Gasteiger partial charge on any atom is -0.507 e. The molecule has 1 aliphatic rings. The number of likely N-dealkylation sites (N-methyl/N-ethyl adjacent to an activating group) is 1. The highest BCUT2D eigenvalue weighted by Crippen LogP contribution is 2.41. The monoisotopic (exact) mass is 441 g/mol. The van der Waals surface area contributed by atoms with E-state index in [4.69, 9.17) is 14.2 Å². The largest absolute Gasteiger partial charge is 0.507 e.